The van der Waals surface area contributed by atoms with Crippen molar-refractivity contribution >= 4 is 19.7 Å². The number of rotatable bonds is 2. The van der Waals surface area contributed by atoms with Gasteiger partial charge in [-0.05, 0) is 29.8 Å². The van der Waals surface area contributed by atoms with E-state index >= 15 is 0 Å². The van der Waals surface area contributed by atoms with E-state index < -0.39 is 30.7 Å². The molecule has 0 saturated heterocycles. The first-order chi connectivity index (χ1) is 9.82. The summed E-state index contributed by atoms with van der Waals surface area (Å²) in [4.78, 5) is -0.0156. The van der Waals surface area contributed by atoms with Crippen molar-refractivity contribution in [3.8, 4) is 5.75 Å². The van der Waals surface area contributed by atoms with E-state index in [0.29, 0.717) is 0 Å². The molecule has 2 aromatic rings. The molecule has 0 fully saturated rings. The summed E-state index contributed by atoms with van der Waals surface area (Å²) in [5.41, 5.74) is 0.219. The number of phenolic OH excluding ortho intramolecular Hbond substituents is 1. The van der Waals surface area contributed by atoms with Gasteiger partial charge < -0.3 is 5.11 Å². The summed E-state index contributed by atoms with van der Waals surface area (Å²) >= 11 is 0. The molecule has 1 aliphatic rings. The SMILES string of the molecule is O=S1(=O)CC(S(=O)(=O)c2ccccc2)c2ccc(O)cc21. The average molecular weight is 324 g/mol. The highest BCUT2D eigenvalue weighted by atomic mass is 32.2. The molecule has 2 aromatic carbocycles. The van der Waals surface area contributed by atoms with Crippen molar-refractivity contribution in [1.82, 2.24) is 0 Å². The Hall–Kier alpha value is -1.86. The van der Waals surface area contributed by atoms with E-state index in [1.807, 2.05) is 0 Å². The lowest BCUT2D eigenvalue weighted by Crippen LogP contribution is -2.15. The molecule has 21 heavy (non-hydrogen) atoms. The Morgan fingerprint density at radius 3 is 2.38 bits per heavy atom. The second kappa shape index (κ2) is 4.57. The average Bonchev–Trinajstić information content (AvgIpc) is 2.72. The molecule has 1 unspecified atom stereocenters. The van der Waals surface area contributed by atoms with Crippen LogP contribution in [0.25, 0.3) is 0 Å². The van der Waals surface area contributed by atoms with E-state index in [0.717, 1.165) is 6.07 Å². The Balaban J connectivity index is 2.20. The zero-order valence-corrected chi connectivity index (χ0v) is 12.4. The maximum atomic E-state index is 12.6. The van der Waals surface area contributed by atoms with Crippen molar-refractivity contribution in [2.45, 2.75) is 15.0 Å². The summed E-state index contributed by atoms with van der Waals surface area (Å²) in [5, 5.41) is 8.28. The van der Waals surface area contributed by atoms with Gasteiger partial charge in [0.15, 0.2) is 19.7 Å². The van der Waals surface area contributed by atoms with Crippen LogP contribution < -0.4 is 0 Å². The fourth-order valence-corrected chi connectivity index (χ4v) is 6.83. The minimum atomic E-state index is -3.80. The van der Waals surface area contributed by atoms with Crippen molar-refractivity contribution in [3.63, 3.8) is 0 Å². The van der Waals surface area contributed by atoms with Crippen LogP contribution in [0.3, 0.4) is 0 Å². The third-order valence-corrected chi connectivity index (χ3v) is 7.60. The van der Waals surface area contributed by atoms with Gasteiger partial charge in [-0.25, -0.2) is 16.8 Å². The van der Waals surface area contributed by atoms with Gasteiger partial charge in [0.05, 0.1) is 15.5 Å². The Morgan fingerprint density at radius 1 is 1.05 bits per heavy atom. The lowest BCUT2D eigenvalue weighted by Gasteiger charge is -2.11. The Kier molecular flexibility index (Phi) is 3.07. The minimum Gasteiger partial charge on any atom is -0.508 e. The normalized spacial score (nSPS) is 20.1. The molecule has 1 heterocycles. The molecule has 0 bridgehead atoms. The summed E-state index contributed by atoms with van der Waals surface area (Å²) in [5.74, 6) is -0.696. The highest BCUT2D eigenvalue weighted by Gasteiger charge is 2.43. The van der Waals surface area contributed by atoms with Crippen LogP contribution in [-0.4, -0.2) is 27.7 Å². The zero-order chi connectivity index (χ0) is 15.3. The molecule has 1 aliphatic heterocycles. The lowest BCUT2D eigenvalue weighted by molar-refractivity contribution is 0.473. The van der Waals surface area contributed by atoms with Gasteiger partial charge in [0.25, 0.3) is 0 Å². The van der Waals surface area contributed by atoms with Crippen molar-refractivity contribution < 1.29 is 21.9 Å². The number of hydrogen-bond acceptors (Lipinski definition) is 5. The Morgan fingerprint density at radius 2 is 1.71 bits per heavy atom. The van der Waals surface area contributed by atoms with Crippen molar-refractivity contribution in [2.24, 2.45) is 0 Å². The first kappa shape index (κ1) is 14.1. The number of benzene rings is 2. The third kappa shape index (κ3) is 2.22. The molecular formula is C14H12O5S2. The number of hydrogen-bond donors (Lipinski definition) is 1. The van der Waals surface area contributed by atoms with Gasteiger partial charge in [0, 0.05) is 0 Å². The molecule has 5 nitrogen and oxygen atoms in total. The first-order valence-corrected chi connectivity index (χ1v) is 9.37. The van der Waals surface area contributed by atoms with Gasteiger partial charge in [-0.1, -0.05) is 24.3 Å². The first-order valence-electron chi connectivity index (χ1n) is 6.17. The molecule has 0 aliphatic carbocycles. The lowest BCUT2D eigenvalue weighted by atomic mass is 10.2. The van der Waals surface area contributed by atoms with Crippen molar-refractivity contribution in [3.05, 3.63) is 54.1 Å². The second-order valence-corrected chi connectivity index (χ2v) is 8.98. The standard InChI is InChI=1S/C14H12O5S2/c15-10-6-7-12-13(8-10)20(16,17)9-14(12)21(18,19)11-4-2-1-3-5-11/h1-8,14-15H,9H2. The summed E-state index contributed by atoms with van der Waals surface area (Å²) in [6.07, 6.45) is 0. The topological polar surface area (TPSA) is 88.5 Å². The highest BCUT2D eigenvalue weighted by Crippen LogP contribution is 2.42. The van der Waals surface area contributed by atoms with E-state index in [1.165, 1.54) is 24.3 Å². The third-order valence-electron chi connectivity index (χ3n) is 3.50. The molecule has 110 valence electrons. The van der Waals surface area contributed by atoms with Crippen LogP contribution in [0.4, 0.5) is 0 Å². The number of fused-ring (bicyclic) bond motifs is 1. The molecule has 0 saturated carbocycles. The number of phenols is 1. The maximum Gasteiger partial charge on any atom is 0.186 e. The van der Waals surface area contributed by atoms with Gasteiger partial charge in [0.2, 0.25) is 0 Å². The Bertz CT molecular complexity index is 900. The fraction of sp³-hybridized carbons (Fsp3) is 0.143. The molecule has 0 radical (unpaired) electrons. The predicted molar refractivity (Wildman–Crippen MR) is 76.5 cm³/mol. The molecular weight excluding hydrogens is 312 g/mol. The van der Waals surface area contributed by atoms with E-state index in [9.17, 15) is 21.9 Å². The van der Waals surface area contributed by atoms with Crippen LogP contribution in [0.2, 0.25) is 0 Å². The second-order valence-electron chi connectivity index (χ2n) is 4.85. The fourth-order valence-electron chi connectivity index (χ4n) is 2.47. The summed E-state index contributed by atoms with van der Waals surface area (Å²) in [6, 6.07) is 11.5. The van der Waals surface area contributed by atoms with E-state index in [4.69, 9.17) is 0 Å². The molecule has 0 amide bonds. The maximum absolute atomic E-state index is 12.6. The van der Waals surface area contributed by atoms with Crippen LogP contribution in [-0.2, 0) is 19.7 Å². The van der Waals surface area contributed by atoms with Crippen LogP contribution in [0.5, 0.6) is 5.75 Å². The molecule has 0 aromatic heterocycles. The largest absolute Gasteiger partial charge is 0.508 e. The summed E-state index contributed by atoms with van der Waals surface area (Å²) < 4.78 is 49.5. The molecule has 1 atom stereocenters. The molecule has 7 heteroatoms. The predicted octanol–water partition coefficient (Wildman–Crippen LogP) is 1.69. The van der Waals surface area contributed by atoms with E-state index in [-0.39, 0.29) is 21.1 Å². The van der Waals surface area contributed by atoms with Crippen LogP contribution >= 0.6 is 0 Å². The summed E-state index contributed by atoms with van der Waals surface area (Å²) in [6.45, 7) is 0. The molecule has 0 spiro atoms. The van der Waals surface area contributed by atoms with E-state index in [1.54, 1.807) is 18.2 Å². The van der Waals surface area contributed by atoms with Crippen LogP contribution in [0, 0.1) is 0 Å². The highest BCUT2D eigenvalue weighted by molar-refractivity contribution is 7.96. The van der Waals surface area contributed by atoms with Gasteiger partial charge in [-0.15, -0.1) is 0 Å². The molecule has 3 rings (SSSR count). The molecule has 1 N–H and O–H groups in total. The van der Waals surface area contributed by atoms with Crippen molar-refractivity contribution in [1.29, 1.82) is 0 Å². The van der Waals surface area contributed by atoms with E-state index in [2.05, 4.69) is 0 Å². The van der Waals surface area contributed by atoms with Crippen molar-refractivity contribution in [2.75, 3.05) is 5.75 Å². The van der Waals surface area contributed by atoms with Crippen LogP contribution in [0.15, 0.2) is 58.3 Å². The van der Waals surface area contributed by atoms with Gasteiger partial charge in [-0.3, -0.25) is 0 Å². The van der Waals surface area contributed by atoms with Crippen LogP contribution in [0.1, 0.15) is 10.8 Å². The monoisotopic (exact) mass is 324 g/mol. The van der Waals surface area contributed by atoms with Gasteiger partial charge >= 0.3 is 0 Å². The number of sulfone groups is 2. The summed E-state index contributed by atoms with van der Waals surface area (Å²) in [7, 11) is -7.50. The smallest absolute Gasteiger partial charge is 0.186 e. The van der Waals surface area contributed by atoms with Gasteiger partial charge in [-0.2, -0.15) is 0 Å². The quantitative estimate of drug-likeness (QED) is 0.908. The minimum absolute atomic E-state index is 0.0890. The Labute approximate surface area is 122 Å². The zero-order valence-electron chi connectivity index (χ0n) is 10.8. The number of aromatic hydroxyl groups is 1. The van der Waals surface area contributed by atoms with Gasteiger partial charge in [0.1, 0.15) is 11.0 Å².